The summed E-state index contributed by atoms with van der Waals surface area (Å²) in [6, 6.07) is 16.7. The molecular weight excluding hydrogens is 400 g/mol. The molecule has 6 rings (SSSR count). The lowest BCUT2D eigenvalue weighted by molar-refractivity contribution is -0.0706. The van der Waals surface area contributed by atoms with Crippen molar-refractivity contribution in [3.05, 3.63) is 77.9 Å². The maximum atomic E-state index is 12.6. The standard InChI is InChI=1S/C26H32N4O2/c1-2-12-30-22-16-23(30)18-28(17-22)25(21-6-5-7-24(31)15-21)19-8-10-20(11-9-19)26(32)27-29-13-3-4-14-29/h2,5-11,15,22-23,25,31H,1,3-4,12-14,16-18H2,(H,27,32). The highest BCUT2D eigenvalue weighted by molar-refractivity contribution is 5.93. The van der Waals surface area contributed by atoms with Crippen LogP contribution in [0.2, 0.25) is 0 Å². The van der Waals surface area contributed by atoms with Crippen molar-refractivity contribution in [2.24, 2.45) is 0 Å². The normalized spacial score (nSPS) is 24.6. The maximum Gasteiger partial charge on any atom is 0.265 e. The van der Waals surface area contributed by atoms with Crippen LogP contribution in [-0.4, -0.2) is 70.6 Å². The number of piperidine rings is 1. The third-order valence-electron chi connectivity index (χ3n) is 7.12. The summed E-state index contributed by atoms with van der Waals surface area (Å²) < 4.78 is 0. The molecule has 4 saturated heterocycles. The SMILES string of the molecule is C=CCN1C2CC1CN(C(c1ccc(C(=O)NN3CCCC3)cc1)c1cccc(O)c1)C2. The Labute approximate surface area is 190 Å². The van der Waals surface area contributed by atoms with Crippen molar-refractivity contribution >= 4 is 5.91 Å². The summed E-state index contributed by atoms with van der Waals surface area (Å²) in [4.78, 5) is 17.7. The molecule has 0 aromatic heterocycles. The molecule has 2 bridgehead atoms. The Morgan fingerprint density at radius 2 is 1.81 bits per heavy atom. The van der Waals surface area contributed by atoms with E-state index in [1.807, 2.05) is 35.4 Å². The lowest BCUT2D eigenvalue weighted by Crippen LogP contribution is -2.68. The minimum atomic E-state index is -0.0494. The van der Waals surface area contributed by atoms with E-state index in [-0.39, 0.29) is 17.7 Å². The number of hydrogen-bond acceptors (Lipinski definition) is 5. The molecule has 4 aliphatic heterocycles. The van der Waals surface area contributed by atoms with Crippen LogP contribution < -0.4 is 5.43 Å². The van der Waals surface area contributed by atoms with Crippen molar-refractivity contribution in [1.82, 2.24) is 20.2 Å². The van der Waals surface area contributed by atoms with Crippen molar-refractivity contribution in [1.29, 1.82) is 0 Å². The Bertz CT molecular complexity index is 958. The Balaban J connectivity index is 1.37. The second-order valence-electron chi connectivity index (χ2n) is 9.24. The molecule has 2 N–H and O–H groups in total. The summed E-state index contributed by atoms with van der Waals surface area (Å²) in [6.45, 7) is 8.67. The molecule has 4 heterocycles. The fourth-order valence-electron chi connectivity index (χ4n) is 5.54. The van der Waals surface area contributed by atoms with Crippen LogP contribution in [0.5, 0.6) is 5.75 Å². The Kier molecular flexibility index (Phi) is 6.00. The number of phenols is 1. The van der Waals surface area contributed by atoms with Gasteiger partial charge in [0.1, 0.15) is 5.75 Å². The van der Waals surface area contributed by atoms with Crippen LogP contribution in [0.25, 0.3) is 0 Å². The van der Waals surface area contributed by atoms with Crippen LogP contribution in [0.1, 0.15) is 46.8 Å². The summed E-state index contributed by atoms with van der Waals surface area (Å²) in [7, 11) is 0. The molecule has 2 aromatic rings. The molecule has 0 saturated carbocycles. The van der Waals surface area contributed by atoms with E-state index in [4.69, 9.17) is 0 Å². The van der Waals surface area contributed by atoms with Gasteiger partial charge in [0, 0.05) is 50.4 Å². The van der Waals surface area contributed by atoms with Gasteiger partial charge in [-0.2, -0.15) is 0 Å². The molecular formula is C26H32N4O2. The van der Waals surface area contributed by atoms with E-state index in [0.29, 0.717) is 17.6 Å². The van der Waals surface area contributed by atoms with Crippen molar-refractivity contribution < 1.29 is 9.90 Å². The minimum absolute atomic E-state index is 0.0494. The molecule has 6 nitrogen and oxygen atoms in total. The van der Waals surface area contributed by atoms with E-state index >= 15 is 0 Å². The van der Waals surface area contributed by atoms with Gasteiger partial charge >= 0.3 is 0 Å². The number of benzene rings is 2. The molecule has 0 aliphatic carbocycles. The number of hydrazine groups is 1. The van der Waals surface area contributed by atoms with Gasteiger partial charge in [-0.1, -0.05) is 30.3 Å². The van der Waals surface area contributed by atoms with Gasteiger partial charge in [0.25, 0.3) is 5.91 Å². The fraction of sp³-hybridized carbons (Fsp3) is 0.423. The van der Waals surface area contributed by atoms with Gasteiger partial charge in [-0.05, 0) is 54.7 Å². The lowest BCUT2D eigenvalue weighted by atomic mass is 9.84. The first-order valence-electron chi connectivity index (χ1n) is 11.7. The quantitative estimate of drug-likeness (QED) is 0.659. The van der Waals surface area contributed by atoms with Crippen molar-refractivity contribution in [2.45, 2.75) is 37.4 Å². The molecule has 168 valence electrons. The van der Waals surface area contributed by atoms with E-state index in [1.54, 1.807) is 6.07 Å². The van der Waals surface area contributed by atoms with E-state index in [0.717, 1.165) is 56.7 Å². The van der Waals surface area contributed by atoms with E-state index in [9.17, 15) is 9.90 Å². The number of fused-ring (bicyclic) bond motifs is 2. The summed E-state index contributed by atoms with van der Waals surface area (Å²) in [5, 5.41) is 12.1. The first kappa shape index (κ1) is 21.2. The van der Waals surface area contributed by atoms with Gasteiger partial charge in [0.05, 0.1) is 6.04 Å². The number of piperazine rings is 1. The third kappa shape index (κ3) is 4.18. The predicted molar refractivity (Wildman–Crippen MR) is 125 cm³/mol. The molecule has 0 spiro atoms. The smallest absolute Gasteiger partial charge is 0.265 e. The zero-order valence-corrected chi connectivity index (χ0v) is 18.5. The Hall–Kier alpha value is -2.67. The average Bonchev–Trinajstić information content (AvgIpc) is 3.31. The van der Waals surface area contributed by atoms with Crippen LogP contribution in [-0.2, 0) is 0 Å². The number of carbonyl (C=O) groups is 1. The number of amides is 1. The van der Waals surface area contributed by atoms with Gasteiger partial charge in [-0.3, -0.25) is 20.0 Å². The Morgan fingerprint density at radius 1 is 1.09 bits per heavy atom. The largest absolute Gasteiger partial charge is 0.508 e. The molecule has 4 fully saturated rings. The highest BCUT2D eigenvalue weighted by Crippen LogP contribution is 2.39. The van der Waals surface area contributed by atoms with E-state index in [2.05, 4.69) is 40.0 Å². The minimum Gasteiger partial charge on any atom is -0.508 e. The zero-order valence-electron chi connectivity index (χ0n) is 18.5. The number of hydrogen-bond donors (Lipinski definition) is 2. The molecule has 0 radical (unpaired) electrons. The first-order chi connectivity index (χ1) is 15.6. The van der Waals surface area contributed by atoms with Crippen LogP contribution >= 0.6 is 0 Å². The number of carbonyl (C=O) groups excluding carboxylic acids is 1. The van der Waals surface area contributed by atoms with Crippen LogP contribution in [0.3, 0.4) is 0 Å². The zero-order chi connectivity index (χ0) is 22.1. The first-order valence-corrected chi connectivity index (χ1v) is 11.7. The molecule has 3 unspecified atom stereocenters. The van der Waals surface area contributed by atoms with Gasteiger partial charge in [0.15, 0.2) is 0 Å². The number of aromatic hydroxyl groups is 1. The van der Waals surface area contributed by atoms with Gasteiger partial charge < -0.3 is 5.11 Å². The molecule has 32 heavy (non-hydrogen) atoms. The highest BCUT2D eigenvalue weighted by atomic mass is 16.3. The second-order valence-corrected chi connectivity index (χ2v) is 9.24. The number of phenolic OH excluding ortho intramolecular Hbond substituents is 1. The van der Waals surface area contributed by atoms with Crippen LogP contribution in [0.4, 0.5) is 0 Å². The molecule has 3 atom stereocenters. The van der Waals surface area contributed by atoms with Gasteiger partial charge in [-0.15, -0.1) is 6.58 Å². The Morgan fingerprint density at radius 3 is 2.47 bits per heavy atom. The summed E-state index contributed by atoms with van der Waals surface area (Å²) in [6.07, 6.45) is 5.50. The fourth-order valence-corrected chi connectivity index (χ4v) is 5.54. The summed E-state index contributed by atoms with van der Waals surface area (Å²) >= 11 is 0. The number of nitrogens with one attached hydrogen (secondary N) is 1. The molecule has 2 aromatic carbocycles. The van der Waals surface area contributed by atoms with E-state index < -0.39 is 0 Å². The van der Waals surface area contributed by atoms with Crippen LogP contribution in [0.15, 0.2) is 61.2 Å². The third-order valence-corrected chi connectivity index (χ3v) is 7.12. The lowest BCUT2D eigenvalue weighted by Gasteiger charge is -2.57. The average molecular weight is 433 g/mol. The predicted octanol–water partition coefficient (Wildman–Crippen LogP) is 3.17. The topological polar surface area (TPSA) is 59.0 Å². The molecule has 6 heteroatoms. The molecule has 4 aliphatic rings. The van der Waals surface area contributed by atoms with Crippen molar-refractivity contribution in [3.63, 3.8) is 0 Å². The second kappa shape index (κ2) is 9.06. The van der Waals surface area contributed by atoms with Crippen molar-refractivity contribution in [3.8, 4) is 5.75 Å². The molecule has 1 amide bonds. The summed E-state index contributed by atoms with van der Waals surface area (Å²) in [5.41, 5.74) is 5.91. The highest BCUT2D eigenvalue weighted by Gasteiger charge is 2.45. The number of nitrogens with zero attached hydrogens (tertiary/aromatic N) is 3. The van der Waals surface area contributed by atoms with Gasteiger partial charge in [0.2, 0.25) is 0 Å². The van der Waals surface area contributed by atoms with Crippen molar-refractivity contribution in [2.75, 3.05) is 32.7 Å². The maximum absolute atomic E-state index is 12.6. The monoisotopic (exact) mass is 432 g/mol. The van der Waals surface area contributed by atoms with E-state index in [1.165, 1.54) is 6.42 Å². The van der Waals surface area contributed by atoms with Crippen LogP contribution in [0, 0.1) is 0 Å². The summed E-state index contributed by atoms with van der Waals surface area (Å²) in [5.74, 6) is 0.233. The number of rotatable bonds is 7. The van der Waals surface area contributed by atoms with Gasteiger partial charge in [-0.25, -0.2) is 5.01 Å².